The highest BCUT2D eigenvalue weighted by Gasteiger charge is 2.22. The lowest BCUT2D eigenvalue weighted by molar-refractivity contribution is -0.119. The van der Waals surface area contributed by atoms with Crippen LogP contribution in [0.1, 0.15) is 39.0 Å². The Balaban J connectivity index is 1.58. The number of amides is 1. The molecule has 2 aromatic rings. The first-order chi connectivity index (χ1) is 12.5. The van der Waals surface area contributed by atoms with Gasteiger partial charge in [-0.15, -0.1) is 11.3 Å². The summed E-state index contributed by atoms with van der Waals surface area (Å²) in [7, 11) is 1.54. The number of hydrogen-bond donors (Lipinski definition) is 1. The average Bonchev–Trinajstić information content (AvgIpc) is 3.03. The van der Waals surface area contributed by atoms with Gasteiger partial charge in [0.2, 0.25) is 0 Å². The molecule has 1 aliphatic rings. The van der Waals surface area contributed by atoms with E-state index in [0.717, 1.165) is 24.8 Å². The minimum atomic E-state index is -0.441. The number of thiophene rings is 1. The van der Waals surface area contributed by atoms with E-state index in [2.05, 4.69) is 12.2 Å². The number of methoxy groups -OCH3 is 1. The lowest BCUT2D eigenvalue weighted by Crippen LogP contribution is -2.21. The lowest BCUT2D eigenvalue weighted by atomic mass is 9.90. The number of ether oxygens (including phenoxy) is 2. The van der Waals surface area contributed by atoms with Crippen molar-refractivity contribution in [1.29, 1.82) is 0 Å². The molecule has 1 atom stereocenters. The molecule has 1 aromatic heterocycles. The van der Waals surface area contributed by atoms with Gasteiger partial charge in [-0.2, -0.15) is 0 Å². The highest BCUT2D eigenvalue weighted by atomic mass is 32.1. The molecule has 0 saturated carbocycles. The molecule has 1 aromatic carbocycles. The summed E-state index contributed by atoms with van der Waals surface area (Å²) in [5, 5.41) is 2.73. The molecule has 6 heteroatoms. The third kappa shape index (κ3) is 4.25. The number of esters is 1. The number of rotatable bonds is 5. The molecule has 0 fully saturated rings. The summed E-state index contributed by atoms with van der Waals surface area (Å²) in [6.07, 6.45) is 3.18. The first kappa shape index (κ1) is 18.5. The second-order valence-corrected chi connectivity index (χ2v) is 7.87. The third-order valence-corrected chi connectivity index (χ3v) is 5.71. The Labute approximate surface area is 157 Å². The van der Waals surface area contributed by atoms with Crippen molar-refractivity contribution < 1.29 is 19.1 Å². The highest BCUT2D eigenvalue weighted by molar-refractivity contribution is 7.14. The number of fused-ring (bicyclic) bond motifs is 1. The minimum Gasteiger partial charge on any atom is -0.495 e. The Bertz CT molecular complexity index is 827. The summed E-state index contributed by atoms with van der Waals surface area (Å²) >= 11 is 1.48. The molecular weight excluding hydrogens is 350 g/mol. The van der Waals surface area contributed by atoms with Crippen LogP contribution >= 0.6 is 11.3 Å². The zero-order valence-electron chi connectivity index (χ0n) is 15.3. The van der Waals surface area contributed by atoms with Gasteiger partial charge in [0.05, 0.1) is 12.8 Å². The quantitative estimate of drug-likeness (QED) is 0.805. The van der Waals surface area contributed by atoms with Crippen molar-refractivity contribution in [2.24, 2.45) is 5.92 Å². The van der Waals surface area contributed by atoms with Gasteiger partial charge in [0, 0.05) is 4.88 Å². The molecule has 1 aliphatic carbocycles. The maximum absolute atomic E-state index is 12.3. The third-order valence-electron chi connectivity index (χ3n) is 4.49. The number of benzene rings is 1. The van der Waals surface area contributed by atoms with Crippen LogP contribution in [0.4, 0.5) is 5.69 Å². The molecule has 0 radical (unpaired) electrons. The lowest BCUT2D eigenvalue weighted by Gasteiger charge is -2.16. The minimum absolute atomic E-state index is 0.325. The number of anilines is 1. The molecule has 1 N–H and O–H groups in total. The second-order valence-electron chi connectivity index (χ2n) is 6.74. The van der Waals surface area contributed by atoms with Crippen LogP contribution in [0.25, 0.3) is 0 Å². The van der Waals surface area contributed by atoms with Gasteiger partial charge in [-0.25, -0.2) is 4.79 Å². The zero-order valence-corrected chi connectivity index (χ0v) is 16.1. The molecule has 26 heavy (non-hydrogen) atoms. The average molecular weight is 373 g/mol. The van der Waals surface area contributed by atoms with Crippen molar-refractivity contribution in [3.05, 3.63) is 45.1 Å². The summed E-state index contributed by atoms with van der Waals surface area (Å²) in [5.74, 6) is 0.381. The van der Waals surface area contributed by atoms with E-state index in [0.29, 0.717) is 22.2 Å². The van der Waals surface area contributed by atoms with E-state index in [4.69, 9.17) is 9.47 Å². The summed E-state index contributed by atoms with van der Waals surface area (Å²) in [6, 6.07) is 7.41. The molecule has 5 nitrogen and oxygen atoms in total. The predicted molar refractivity (Wildman–Crippen MR) is 102 cm³/mol. The largest absolute Gasteiger partial charge is 0.495 e. The molecule has 1 heterocycles. The number of nitrogens with one attached hydrogen (secondary N) is 1. The predicted octanol–water partition coefficient (Wildman–Crippen LogP) is 3.99. The Morgan fingerprint density at radius 2 is 2.12 bits per heavy atom. The molecular formula is C20H23NO4S. The summed E-state index contributed by atoms with van der Waals surface area (Å²) in [4.78, 5) is 26.2. The fourth-order valence-corrected chi connectivity index (χ4v) is 4.22. The van der Waals surface area contributed by atoms with Gasteiger partial charge in [-0.1, -0.05) is 13.0 Å². The molecule has 0 aliphatic heterocycles. The standard InChI is InChI=1S/C20H23NO4S/c1-12-5-7-17-14(8-12)10-18(26-17)20(23)25-11-19(22)21-15-9-13(2)4-6-16(15)24-3/h4,6,9-10,12H,5,7-8,11H2,1-3H3,(H,21,22)/t12-/m0/s1. The Morgan fingerprint density at radius 3 is 2.88 bits per heavy atom. The molecule has 1 amide bonds. The first-order valence-corrected chi connectivity index (χ1v) is 9.51. The van der Waals surface area contributed by atoms with E-state index in [9.17, 15) is 9.59 Å². The van der Waals surface area contributed by atoms with Gasteiger partial charge in [-0.3, -0.25) is 4.79 Å². The Kier molecular flexibility index (Phi) is 5.61. The van der Waals surface area contributed by atoms with Gasteiger partial charge >= 0.3 is 5.97 Å². The van der Waals surface area contributed by atoms with E-state index >= 15 is 0 Å². The van der Waals surface area contributed by atoms with Gasteiger partial charge < -0.3 is 14.8 Å². The second kappa shape index (κ2) is 7.91. The van der Waals surface area contributed by atoms with Gasteiger partial charge in [0.15, 0.2) is 6.61 Å². The van der Waals surface area contributed by atoms with Crippen molar-refractivity contribution >= 4 is 28.9 Å². The van der Waals surface area contributed by atoms with E-state index in [1.807, 2.05) is 25.1 Å². The smallest absolute Gasteiger partial charge is 0.348 e. The number of carbonyl (C=O) groups excluding carboxylic acids is 2. The molecule has 138 valence electrons. The van der Waals surface area contributed by atoms with Crippen LogP contribution in [0.3, 0.4) is 0 Å². The van der Waals surface area contributed by atoms with Crippen LogP contribution in [0, 0.1) is 12.8 Å². The molecule has 0 bridgehead atoms. The number of carbonyl (C=O) groups is 2. The van der Waals surface area contributed by atoms with Crippen LogP contribution in [-0.2, 0) is 22.4 Å². The van der Waals surface area contributed by atoms with Crippen LogP contribution in [0.5, 0.6) is 5.75 Å². The normalized spacial score (nSPS) is 15.9. The Hall–Kier alpha value is -2.34. The van der Waals surface area contributed by atoms with Gasteiger partial charge in [-0.05, 0) is 61.4 Å². The van der Waals surface area contributed by atoms with E-state index in [-0.39, 0.29) is 6.61 Å². The summed E-state index contributed by atoms with van der Waals surface area (Å²) in [6.45, 7) is 3.83. The van der Waals surface area contributed by atoms with Crippen molar-refractivity contribution in [2.45, 2.75) is 33.1 Å². The van der Waals surface area contributed by atoms with E-state index < -0.39 is 11.9 Å². The van der Waals surface area contributed by atoms with Crippen molar-refractivity contribution in [1.82, 2.24) is 0 Å². The monoisotopic (exact) mass is 373 g/mol. The maximum Gasteiger partial charge on any atom is 0.348 e. The Morgan fingerprint density at radius 1 is 1.31 bits per heavy atom. The summed E-state index contributed by atoms with van der Waals surface area (Å²) in [5.41, 5.74) is 2.81. The van der Waals surface area contributed by atoms with Gasteiger partial charge in [0.25, 0.3) is 5.91 Å². The van der Waals surface area contributed by atoms with Crippen molar-refractivity contribution in [2.75, 3.05) is 19.0 Å². The number of hydrogen-bond acceptors (Lipinski definition) is 5. The fourth-order valence-electron chi connectivity index (χ4n) is 3.11. The van der Waals surface area contributed by atoms with Gasteiger partial charge in [0.1, 0.15) is 10.6 Å². The molecule has 0 saturated heterocycles. The number of aryl methyl sites for hydroxylation is 2. The molecule has 3 rings (SSSR count). The molecule has 0 spiro atoms. The molecule has 0 unspecified atom stereocenters. The highest BCUT2D eigenvalue weighted by Crippen LogP contribution is 2.32. The SMILES string of the molecule is COc1ccc(C)cc1NC(=O)COC(=O)c1cc2c(s1)CC[C@H](C)C2. The van der Waals surface area contributed by atoms with E-state index in [1.165, 1.54) is 21.8 Å². The van der Waals surface area contributed by atoms with Crippen molar-refractivity contribution in [3.63, 3.8) is 0 Å². The fraction of sp³-hybridized carbons (Fsp3) is 0.400. The van der Waals surface area contributed by atoms with Crippen LogP contribution in [0.15, 0.2) is 24.3 Å². The zero-order chi connectivity index (χ0) is 18.7. The van der Waals surface area contributed by atoms with Crippen LogP contribution in [-0.4, -0.2) is 25.6 Å². The topological polar surface area (TPSA) is 64.6 Å². The van der Waals surface area contributed by atoms with E-state index in [1.54, 1.807) is 13.2 Å². The van der Waals surface area contributed by atoms with Crippen molar-refractivity contribution in [3.8, 4) is 5.75 Å². The maximum atomic E-state index is 12.3. The first-order valence-electron chi connectivity index (χ1n) is 8.69. The summed E-state index contributed by atoms with van der Waals surface area (Å²) < 4.78 is 10.4. The van der Waals surface area contributed by atoms with Crippen LogP contribution < -0.4 is 10.1 Å². The van der Waals surface area contributed by atoms with Crippen LogP contribution in [0.2, 0.25) is 0 Å².